The number of hydrogen-bond acceptors (Lipinski definition) is 4. The molecule has 148 valence electrons. The summed E-state index contributed by atoms with van der Waals surface area (Å²) in [7, 11) is 1.56. The van der Waals surface area contributed by atoms with Gasteiger partial charge in [0.2, 0.25) is 11.8 Å². The van der Waals surface area contributed by atoms with Gasteiger partial charge in [0, 0.05) is 16.8 Å². The molecule has 1 aliphatic heterocycles. The van der Waals surface area contributed by atoms with Gasteiger partial charge in [0.25, 0.3) is 0 Å². The van der Waals surface area contributed by atoms with E-state index in [2.05, 4.69) is 15.7 Å². The van der Waals surface area contributed by atoms with Crippen LogP contribution in [0.5, 0.6) is 5.75 Å². The van der Waals surface area contributed by atoms with Crippen LogP contribution in [0.1, 0.15) is 18.0 Å². The van der Waals surface area contributed by atoms with Crippen molar-refractivity contribution in [3.05, 3.63) is 59.9 Å². The van der Waals surface area contributed by atoms with Crippen molar-refractivity contribution in [3.8, 4) is 17.0 Å². The highest BCUT2D eigenvalue weighted by Gasteiger charge is 2.34. The molecule has 0 saturated heterocycles. The van der Waals surface area contributed by atoms with Gasteiger partial charge in [-0.2, -0.15) is 5.10 Å². The molecular formula is C21H19FN4O3. The third kappa shape index (κ3) is 3.56. The van der Waals surface area contributed by atoms with Crippen LogP contribution >= 0.6 is 0 Å². The minimum absolute atomic E-state index is 0.0288. The van der Waals surface area contributed by atoms with Gasteiger partial charge in [-0.05, 0) is 55.5 Å². The summed E-state index contributed by atoms with van der Waals surface area (Å²) < 4.78 is 19.9. The summed E-state index contributed by atoms with van der Waals surface area (Å²) in [6, 6.07) is 12.0. The van der Waals surface area contributed by atoms with Crippen LogP contribution in [0.2, 0.25) is 0 Å². The van der Waals surface area contributed by atoms with Gasteiger partial charge < -0.3 is 15.4 Å². The molecule has 1 atom stereocenters. The number of nitrogens with one attached hydrogen (secondary N) is 2. The third-order valence-corrected chi connectivity index (χ3v) is 4.86. The van der Waals surface area contributed by atoms with Gasteiger partial charge >= 0.3 is 0 Å². The van der Waals surface area contributed by atoms with Crippen molar-refractivity contribution >= 4 is 23.3 Å². The largest absolute Gasteiger partial charge is 0.497 e. The molecule has 0 fully saturated rings. The predicted molar refractivity (Wildman–Crippen MR) is 106 cm³/mol. The summed E-state index contributed by atoms with van der Waals surface area (Å²) in [6.07, 6.45) is -0.0288. The molecular weight excluding hydrogens is 375 g/mol. The van der Waals surface area contributed by atoms with E-state index in [4.69, 9.17) is 4.74 Å². The molecule has 2 N–H and O–H groups in total. The van der Waals surface area contributed by atoms with Gasteiger partial charge in [-0.25, -0.2) is 9.07 Å². The summed E-state index contributed by atoms with van der Waals surface area (Å²) in [5.74, 6) is 0.185. The van der Waals surface area contributed by atoms with Crippen molar-refractivity contribution in [2.45, 2.75) is 19.4 Å². The Labute approximate surface area is 166 Å². The zero-order valence-corrected chi connectivity index (χ0v) is 15.9. The highest BCUT2D eigenvalue weighted by Crippen LogP contribution is 2.34. The Morgan fingerprint density at radius 1 is 1.21 bits per heavy atom. The van der Waals surface area contributed by atoms with Crippen molar-refractivity contribution < 1.29 is 18.7 Å². The molecule has 8 heteroatoms. The molecule has 29 heavy (non-hydrogen) atoms. The number of hydrogen-bond donors (Lipinski definition) is 2. The smallest absolute Gasteiger partial charge is 0.249 e. The average Bonchev–Trinajstić information content (AvgIpc) is 3.05. The molecule has 0 radical (unpaired) electrons. The number of anilines is 2. The van der Waals surface area contributed by atoms with Gasteiger partial charge in [-0.1, -0.05) is 0 Å². The average molecular weight is 394 g/mol. The van der Waals surface area contributed by atoms with Gasteiger partial charge in [0.15, 0.2) is 0 Å². The van der Waals surface area contributed by atoms with E-state index >= 15 is 0 Å². The molecule has 1 aliphatic rings. The second kappa shape index (κ2) is 7.38. The van der Waals surface area contributed by atoms with Crippen molar-refractivity contribution in [1.82, 2.24) is 9.78 Å². The Hall–Kier alpha value is -3.68. The number of carbonyl (C=O) groups is 2. The predicted octanol–water partition coefficient (Wildman–Crippen LogP) is 3.53. The zero-order valence-electron chi connectivity index (χ0n) is 15.9. The molecule has 3 aromatic rings. The van der Waals surface area contributed by atoms with Crippen molar-refractivity contribution in [1.29, 1.82) is 0 Å². The maximum absolute atomic E-state index is 13.3. The van der Waals surface area contributed by atoms with Crippen LogP contribution in [0.15, 0.2) is 48.5 Å². The topological polar surface area (TPSA) is 85.2 Å². The maximum Gasteiger partial charge on any atom is 0.249 e. The van der Waals surface area contributed by atoms with Gasteiger partial charge in [-0.3, -0.25) is 9.59 Å². The lowest BCUT2D eigenvalue weighted by atomic mass is 10.1. The molecule has 2 amide bonds. The summed E-state index contributed by atoms with van der Waals surface area (Å²) in [4.78, 5) is 25.1. The van der Waals surface area contributed by atoms with E-state index in [9.17, 15) is 14.0 Å². The first kappa shape index (κ1) is 18.7. The quantitative estimate of drug-likeness (QED) is 0.709. The fourth-order valence-corrected chi connectivity index (χ4v) is 3.32. The fourth-order valence-electron chi connectivity index (χ4n) is 3.32. The number of fused-ring (bicyclic) bond motifs is 1. The molecule has 2 heterocycles. The minimum atomic E-state index is -0.797. The van der Waals surface area contributed by atoms with Gasteiger partial charge in [0.05, 0.1) is 19.2 Å². The first-order valence-corrected chi connectivity index (χ1v) is 9.06. The zero-order chi connectivity index (χ0) is 20.5. The molecule has 0 bridgehead atoms. The Morgan fingerprint density at radius 3 is 2.55 bits per heavy atom. The maximum atomic E-state index is 13.3. The first-order valence-electron chi connectivity index (χ1n) is 9.06. The lowest BCUT2D eigenvalue weighted by Gasteiger charge is -2.24. The number of ether oxygens (including phenoxy) is 1. The number of nitrogens with zero attached hydrogens (tertiary/aromatic N) is 2. The van der Waals surface area contributed by atoms with Gasteiger partial charge in [0.1, 0.15) is 23.4 Å². The second-order valence-electron chi connectivity index (χ2n) is 6.76. The van der Waals surface area contributed by atoms with Crippen LogP contribution < -0.4 is 15.4 Å². The SMILES string of the molecule is COc1ccc(NC(=O)[C@H]2CC(=O)Nc3c(C)c(-c4ccc(F)cc4)nn32)cc1. The molecule has 2 aromatic carbocycles. The minimum Gasteiger partial charge on any atom is -0.497 e. The number of aromatic nitrogens is 2. The van der Waals surface area contributed by atoms with E-state index in [1.54, 1.807) is 43.5 Å². The molecule has 4 rings (SSSR count). The number of carbonyl (C=O) groups excluding carboxylic acids is 2. The van der Waals surface area contributed by atoms with Crippen LogP contribution in [-0.4, -0.2) is 28.7 Å². The Kier molecular flexibility index (Phi) is 4.75. The van der Waals surface area contributed by atoms with E-state index in [-0.39, 0.29) is 24.1 Å². The number of rotatable bonds is 4. The monoisotopic (exact) mass is 394 g/mol. The van der Waals surface area contributed by atoms with Gasteiger partial charge in [-0.15, -0.1) is 0 Å². The lowest BCUT2D eigenvalue weighted by Crippen LogP contribution is -2.35. The van der Waals surface area contributed by atoms with Crippen LogP contribution in [0.25, 0.3) is 11.3 Å². The van der Waals surface area contributed by atoms with Crippen LogP contribution in [0.4, 0.5) is 15.9 Å². The summed E-state index contributed by atoms with van der Waals surface area (Å²) in [5.41, 5.74) is 2.59. The van der Waals surface area contributed by atoms with E-state index in [0.717, 1.165) is 0 Å². The summed E-state index contributed by atoms with van der Waals surface area (Å²) >= 11 is 0. The second-order valence-corrected chi connectivity index (χ2v) is 6.76. The Morgan fingerprint density at radius 2 is 1.90 bits per heavy atom. The van der Waals surface area contributed by atoms with E-state index < -0.39 is 6.04 Å². The molecule has 0 spiro atoms. The van der Waals surface area contributed by atoms with Crippen LogP contribution in [-0.2, 0) is 9.59 Å². The standard InChI is InChI=1S/C21H19FN4O3/c1-12-19(13-3-5-14(22)6-4-13)25-26-17(11-18(27)24-20(12)26)21(28)23-15-7-9-16(29-2)10-8-15/h3-10,17H,11H2,1-2H3,(H,23,28)(H,24,27)/t17-/m1/s1. The highest BCUT2D eigenvalue weighted by molar-refractivity contribution is 6.02. The van der Waals surface area contributed by atoms with Crippen LogP contribution in [0.3, 0.4) is 0 Å². The number of halogens is 1. The normalized spacial score (nSPS) is 15.4. The third-order valence-electron chi connectivity index (χ3n) is 4.86. The number of methoxy groups -OCH3 is 1. The van der Waals surface area contributed by atoms with E-state index in [0.29, 0.717) is 34.1 Å². The van der Waals surface area contributed by atoms with E-state index in [1.807, 2.05) is 6.92 Å². The number of amides is 2. The fraction of sp³-hybridized carbons (Fsp3) is 0.190. The molecule has 7 nitrogen and oxygen atoms in total. The lowest BCUT2D eigenvalue weighted by molar-refractivity contribution is -0.125. The highest BCUT2D eigenvalue weighted by atomic mass is 19.1. The summed E-state index contributed by atoms with van der Waals surface area (Å²) in [6.45, 7) is 1.81. The van der Waals surface area contributed by atoms with Crippen molar-refractivity contribution in [3.63, 3.8) is 0 Å². The number of benzene rings is 2. The molecule has 0 aliphatic carbocycles. The van der Waals surface area contributed by atoms with Crippen LogP contribution in [0, 0.1) is 12.7 Å². The summed E-state index contributed by atoms with van der Waals surface area (Å²) in [5, 5.41) is 10.2. The Balaban J connectivity index is 1.66. The Bertz CT molecular complexity index is 1070. The molecule has 1 aromatic heterocycles. The molecule has 0 saturated carbocycles. The van der Waals surface area contributed by atoms with Crippen molar-refractivity contribution in [2.75, 3.05) is 17.7 Å². The molecule has 0 unspecified atom stereocenters. The van der Waals surface area contributed by atoms with Crippen molar-refractivity contribution in [2.24, 2.45) is 0 Å². The van der Waals surface area contributed by atoms with E-state index in [1.165, 1.54) is 16.8 Å². The first-order chi connectivity index (χ1) is 14.0.